The van der Waals surface area contributed by atoms with Gasteiger partial charge in [0.15, 0.2) is 0 Å². The number of ether oxygens (including phenoxy) is 1. The molecular formula is C27H33LiN4O4-2. The van der Waals surface area contributed by atoms with Crippen molar-refractivity contribution in [2.45, 2.75) is 45.2 Å². The average molecular weight is 485 g/mol. The minimum absolute atomic E-state index is 0. The van der Waals surface area contributed by atoms with Gasteiger partial charge in [-0.1, -0.05) is 17.7 Å². The second kappa shape index (κ2) is 13.4. The quantitative estimate of drug-likeness (QED) is 0.414. The molecule has 1 aromatic carbocycles. The van der Waals surface area contributed by atoms with E-state index in [0.717, 1.165) is 11.1 Å². The zero-order valence-corrected chi connectivity index (χ0v) is 22.0. The molecule has 188 valence electrons. The van der Waals surface area contributed by atoms with Crippen molar-refractivity contribution < 1.29 is 38.0 Å². The molecule has 2 amide bonds. The van der Waals surface area contributed by atoms with Gasteiger partial charge in [0, 0.05) is 31.5 Å². The van der Waals surface area contributed by atoms with E-state index in [-0.39, 0.29) is 44.3 Å². The molecule has 0 unspecified atom stereocenters. The predicted molar refractivity (Wildman–Crippen MR) is 137 cm³/mol. The molecule has 0 fully saturated rings. The summed E-state index contributed by atoms with van der Waals surface area (Å²) in [6.45, 7) is 9.93. The summed E-state index contributed by atoms with van der Waals surface area (Å²) >= 11 is 0. The van der Waals surface area contributed by atoms with Crippen LogP contribution < -0.4 is 29.5 Å². The van der Waals surface area contributed by atoms with Gasteiger partial charge in [-0.25, -0.2) is 11.4 Å². The van der Waals surface area contributed by atoms with Crippen LogP contribution in [-0.4, -0.2) is 48.3 Å². The van der Waals surface area contributed by atoms with Gasteiger partial charge < -0.3 is 39.1 Å². The van der Waals surface area contributed by atoms with Gasteiger partial charge in [-0.3, -0.25) is 9.59 Å². The molecule has 2 aromatic rings. The molecule has 0 bridgehead atoms. The van der Waals surface area contributed by atoms with E-state index in [4.69, 9.17) is 4.74 Å². The number of hydrogen-bond donors (Lipinski definition) is 2. The van der Waals surface area contributed by atoms with Crippen LogP contribution >= 0.6 is 0 Å². The number of hydrogen-bond acceptors (Lipinski definition) is 5. The van der Waals surface area contributed by atoms with E-state index in [1.54, 1.807) is 18.3 Å². The maximum atomic E-state index is 12.9. The smallest absolute Gasteiger partial charge is 0.382 e. The van der Waals surface area contributed by atoms with Crippen LogP contribution in [0.1, 0.15) is 54.2 Å². The first-order valence-corrected chi connectivity index (χ1v) is 11.0. The van der Waals surface area contributed by atoms with E-state index in [9.17, 15) is 14.4 Å². The van der Waals surface area contributed by atoms with Crippen molar-refractivity contribution in [3.63, 3.8) is 0 Å². The Balaban J connectivity index is 0.00000324. The van der Waals surface area contributed by atoms with Gasteiger partial charge in [0.2, 0.25) is 5.91 Å². The standard InChI is InChI=1S/C26H30N4O4.CH3.Li/c1-6-17-7-8-18(13-20(17)15-31)21-9-10-23(27-21)29-25(33)22(16-34-5)28-24(32)19-11-12-30(14-19)26(2,3)4;;/h7-9,11-14,22H,1,6,10,16H2,2-5H3,(H,28,32)(H,27,29,33);1H3;/q-2;-1;+1/t22-;;/m0../s1. The number of carbonyl (C=O) groups excluding carboxylic acids is 3. The van der Waals surface area contributed by atoms with Crippen LogP contribution in [-0.2, 0) is 26.3 Å². The van der Waals surface area contributed by atoms with Crippen molar-refractivity contribution in [2.75, 3.05) is 13.7 Å². The number of nitrogens with one attached hydrogen (secondary N) is 2. The van der Waals surface area contributed by atoms with Gasteiger partial charge in [0.05, 0.1) is 24.2 Å². The summed E-state index contributed by atoms with van der Waals surface area (Å²) < 4.78 is 7.08. The molecule has 0 saturated carbocycles. The number of aliphatic imine (C=N–C) groups is 1. The van der Waals surface area contributed by atoms with Crippen molar-refractivity contribution in [1.82, 2.24) is 15.2 Å². The van der Waals surface area contributed by atoms with E-state index in [2.05, 4.69) is 22.5 Å². The van der Waals surface area contributed by atoms with Gasteiger partial charge in [0.1, 0.15) is 11.9 Å². The van der Waals surface area contributed by atoms with Gasteiger partial charge in [-0.05, 0) is 26.8 Å². The summed E-state index contributed by atoms with van der Waals surface area (Å²) in [4.78, 5) is 41.3. The maximum Gasteiger partial charge on any atom is 1.00 e. The third kappa shape index (κ3) is 7.54. The number of benzene rings is 1. The van der Waals surface area contributed by atoms with Crippen LogP contribution in [0.4, 0.5) is 0 Å². The number of carbonyl (C=O) groups is 2. The Kier molecular flexibility index (Phi) is 11.6. The largest absolute Gasteiger partial charge is 1.00 e. The Labute approximate surface area is 225 Å². The Bertz CT molecular complexity index is 1140. The number of methoxy groups -OCH3 is 1. The summed E-state index contributed by atoms with van der Waals surface area (Å²) in [6, 6.07) is 6.22. The fraction of sp³-hybridized carbons (Fsp3) is 0.333. The number of amidine groups is 1. The number of aromatic nitrogens is 1. The summed E-state index contributed by atoms with van der Waals surface area (Å²) in [5, 5.41) is 5.51. The third-order valence-corrected chi connectivity index (χ3v) is 5.48. The van der Waals surface area contributed by atoms with Crippen LogP contribution in [0, 0.1) is 14.4 Å². The van der Waals surface area contributed by atoms with Gasteiger partial charge in [-0.15, -0.1) is 11.6 Å². The van der Waals surface area contributed by atoms with Crippen LogP contribution in [0.15, 0.2) is 47.7 Å². The fourth-order valence-corrected chi connectivity index (χ4v) is 3.51. The van der Waals surface area contributed by atoms with Crippen molar-refractivity contribution in [3.05, 3.63) is 79.3 Å². The normalized spacial score (nSPS) is 13.5. The van der Waals surface area contributed by atoms with E-state index >= 15 is 0 Å². The molecule has 0 radical (unpaired) electrons. The molecule has 1 atom stereocenters. The zero-order chi connectivity index (χ0) is 24.9. The topological polar surface area (TPSA) is 102 Å². The molecule has 0 aliphatic carbocycles. The number of nitrogens with zero attached hydrogens (tertiary/aromatic N) is 2. The first kappa shape index (κ1) is 31.1. The molecule has 9 heteroatoms. The van der Waals surface area contributed by atoms with E-state index in [1.807, 2.05) is 56.0 Å². The Morgan fingerprint density at radius 3 is 2.58 bits per heavy atom. The van der Waals surface area contributed by atoms with Gasteiger partial charge in [-0.2, -0.15) is 11.6 Å². The number of amides is 2. The zero-order valence-electron chi connectivity index (χ0n) is 22.0. The number of rotatable bonds is 8. The molecule has 36 heavy (non-hydrogen) atoms. The SMILES string of the molecule is [CH2-]Cc1ccc(C2=CCC(NC(=O)[C@H](COC)NC(=O)c3ccn(C(C)(C)C)c3)=N2)cc1[C-]=O.[CH3-].[Li+]. The molecule has 1 aromatic heterocycles. The van der Waals surface area contributed by atoms with E-state index < -0.39 is 11.9 Å². The van der Waals surface area contributed by atoms with Gasteiger partial charge in [0.25, 0.3) is 5.91 Å². The predicted octanol–water partition coefficient (Wildman–Crippen LogP) is 0.236. The first-order chi connectivity index (χ1) is 16.2. The molecule has 1 aliphatic rings. The van der Waals surface area contributed by atoms with Crippen molar-refractivity contribution in [1.29, 1.82) is 0 Å². The van der Waals surface area contributed by atoms with E-state index in [1.165, 1.54) is 7.11 Å². The second-order valence-electron chi connectivity index (χ2n) is 9.02. The van der Waals surface area contributed by atoms with E-state index in [0.29, 0.717) is 35.5 Å². The first-order valence-electron chi connectivity index (χ1n) is 11.0. The Hall–Kier alpha value is -2.92. The molecule has 0 saturated heterocycles. The molecular weight excluding hydrogens is 451 g/mol. The molecule has 2 heterocycles. The van der Waals surface area contributed by atoms with Crippen molar-refractivity contribution in [3.8, 4) is 0 Å². The molecule has 0 spiro atoms. The second-order valence-corrected chi connectivity index (χ2v) is 9.02. The van der Waals surface area contributed by atoms with Crippen LogP contribution in [0.5, 0.6) is 0 Å². The van der Waals surface area contributed by atoms with Crippen molar-refractivity contribution in [2.24, 2.45) is 4.99 Å². The Morgan fingerprint density at radius 1 is 1.28 bits per heavy atom. The monoisotopic (exact) mass is 484 g/mol. The van der Waals surface area contributed by atoms with Crippen LogP contribution in [0.25, 0.3) is 5.70 Å². The molecule has 8 nitrogen and oxygen atoms in total. The minimum atomic E-state index is -0.894. The van der Waals surface area contributed by atoms with Crippen molar-refractivity contribution >= 4 is 29.6 Å². The summed E-state index contributed by atoms with van der Waals surface area (Å²) in [6.07, 6.45) is 8.28. The minimum Gasteiger partial charge on any atom is -0.382 e. The van der Waals surface area contributed by atoms with Crippen LogP contribution in [0.3, 0.4) is 0 Å². The van der Waals surface area contributed by atoms with Gasteiger partial charge >= 0.3 is 18.9 Å². The maximum absolute atomic E-state index is 12.9. The summed E-state index contributed by atoms with van der Waals surface area (Å²) in [5.74, 6) is -0.337. The molecule has 1 aliphatic heterocycles. The Morgan fingerprint density at radius 2 is 2.00 bits per heavy atom. The fourth-order valence-electron chi connectivity index (χ4n) is 3.51. The molecule has 2 N–H and O–H groups in total. The molecule has 3 rings (SSSR count). The average Bonchev–Trinajstić information content (AvgIpc) is 3.48. The summed E-state index contributed by atoms with van der Waals surface area (Å²) in [5.41, 5.74) is 2.96. The van der Waals surface area contributed by atoms with Crippen LogP contribution in [0.2, 0.25) is 0 Å². The summed E-state index contributed by atoms with van der Waals surface area (Å²) in [7, 11) is 1.46. The third-order valence-electron chi connectivity index (χ3n) is 5.48.